The van der Waals surface area contributed by atoms with Crippen LogP contribution >= 0.6 is 11.8 Å². The maximum atomic E-state index is 11.4. The van der Waals surface area contributed by atoms with Crippen molar-refractivity contribution in [3.8, 4) is 5.75 Å². The summed E-state index contributed by atoms with van der Waals surface area (Å²) in [4.78, 5) is 12.7. The number of Topliss-reactive ketones (excluding diaryl/α,β-unsaturated/α-hetero) is 1. The zero-order chi connectivity index (χ0) is 14.8. The summed E-state index contributed by atoms with van der Waals surface area (Å²) < 4.78 is 5.99. The molecule has 0 saturated heterocycles. The van der Waals surface area contributed by atoms with Gasteiger partial charge in [0.2, 0.25) is 0 Å². The lowest BCUT2D eigenvalue weighted by Gasteiger charge is -2.14. The number of hydrogen-bond acceptors (Lipinski definition) is 3. The lowest BCUT2D eigenvalue weighted by Crippen LogP contribution is -2.10. The smallest absolute Gasteiger partial charge is 0.159 e. The quantitative estimate of drug-likeness (QED) is 0.779. The minimum atomic E-state index is 0.0887. The van der Waals surface area contributed by atoms with Crippen LogP contribution < -0.4 is 4.74 Å². The zero-order valence-electron chi connectivity index (χ0n) is 12.3. The van der Waals surface area contributed by atoms with Crippen molar-refractivity contribution in [2.75, 3.05) is 12.4 Å². The Morgan fingerprint density at radius 3 is 2.86 bits per heavy atom. The van der Waals surface area contributed by atoms with Gasteiger partial charge in [-0.1, -0.05) is 18.2 Å². The van der Waals surface area contributed by atoms with Crippen LogP contribution in [0.5, 0.6) is 5.75 Å². The molecule has 0 saturated carbocycles. The molecular weight excluding hydrogens is 280 g/mol. The molecule has 1 aliphatic rings. The van der Waals surface area contributed by atoms with Crippen LogP contribution in [0, 0.1) is 6.92 Å². The van der Waals surface area contributed by atoms with Crippen LogP contribution in [0.4, 0.5) is 0 Å². The van der Waals surface area contributed by atoms with E-state index in [1.165, 1.54) is 10.5 Å². The van der Waals surface area contributed by atoms with Gasteiger partial charge in [-0.3, -0.25) is 4.79 Å². The standard InChI is InChI=1S/C18H18O2S/c1-12-9-14(13(2)19)7-8-17(12)20-10-15-11-21-18-6-4-3-5-16(15)18/h3-9,15H,10-11H2,1-2H3. The van der Waals surface area contributed by atoms with Gasteiger partial charge in [0.05, 0.1) is 6.61 Å². The van der Waals surface area contributed by atoms with E-state index < -0.39 is 0 Å². The van der Waals surface area contributed by atoms with Crippen molar-refractivity contribution in [3.63, 3.8) is 0 Å². The van der Waals surface area contributed by atoms with Crippen molar-refractivity contribution in [1.29, 1.82) is 0 Å². The summed E-state index contributed by atoms with van der Waals surface area (Å²) in [7, 11) is 0. The molecule has 108 valence electrons. The van der Waals surface area contributed by atoms with E-state index in [9.17, 15) is 4.79 Å². The third-order valence-electron chi connectivity index (χ3n) is 3.82. The molecule has 0 aliphatic carbocycles. The minimum absolute atomic E-state index is 0.0887. The van der Waals surface area contributed by atoms with E-state index in [0.717, 1.165) is 22.6 Å². The predicted octanol–water partition coefficient (Wildman–Crippen LogP) is 4.47. The van der Waals surface area contributed by atoms with E-state index in [2.05, 4.69) is 24.3 Å². The maximum Gasteiger partial charge on any atom is 0.159 e. The second kappa shape index (κ2) is 5.94. The van der Waals surface area contributed by atoms with Crippen molar-refractivity contribution < 1.29 is 9.53 Å². The van der Waals surface area contributed by atoms with Crippen LogP contribution in [0.3, 0.4) is 0 Å². The molecule has 0 radical (unpaired) electrons. The number of thioether (sulfide) groups is 1. The van der Waals surface area contributed by atoms with Crippen LogP contribution in [0.25, 0.3) is 0 Å². The fourth-order valence-electron chi connectivity index (χ4n) is 2.59. The monoisotopic (exact) mass is 298 g/mol. The van der Waals surface area contributed by atoms with Gasteiger partial charge in [0.15, 0.2) is 5.78 Å². The van der Waals surface area contributed by atoms with E-state index in [4.69, 9.17) is 4.74 Å². The van der Waals surface area contributed by atoms with Crippen molar-refractivity contribution >= 4 is 17.5 Å². The molecule has 21 heavy (non-hydrogen) atoms. The first kappa shape index (κ1) is 14.2. The van der Waals surface area contributed by atoms with Gasteiger partial charge >= 0.3 is 0 Å². The number of fused-ring (bicyclic) bond motifs is 1. The molecule has 2 aromatic rings. The summed E-state index contributed by atoms with van der Waals surface area (Å²) in [5.74, 6) is 2.47. The van der Waals surface area contributed by atoms with E-state index in [-0.39, 0.29) is 5.78 Å². The predicted molar refractivity (Wildman–Crippen MR) is 86.6 cm³/mol. The molecule has 0 spiro atoms. The van der Waals surface area contributed by atoms with E-state index in [1.54, 1.807) is 6.92 Å². The summed E-state index contributed by atoms with van der Waals surface area (Å²) in [6, 6.07) is 14.2. The Bertz CT molecular complexity index is 679. The number of hydrogen-bond donors (Lipinski definition) is 0. The summed E-state index contributed by atoms with van der Waals surface area (Å²) in [5, 5.41) is 0. The number of benzene rings is 2. The van der Waals surface area contributed by atoms with Gasteiger partial charge in [0, 0.05) is 22.1 Å². The largest absolute Gasteiger partial charge is 0.493 e. The first-order chi connectivity index (χ1) is 10.1. The Balaban J connectivity index is 1.70. The fourth-order valence-corrected chi connectivity index (χ4v) is 3.82. The second-order valence-electron chi connectivity index (χ2n) is 5.39. The van der Waals surface area contributed by atoms with Crippen LogP contribution in [-0.2, 0) is 0 Å². The molecule has 0 bridgehead atoms. The van der Waals surface area contributed by atoms with Gasteiger partial charge in [0.25, 0.3) is 0 Å². The Labute approximate surface area is 129 Å². The molecular formula is C18H18O2S. The van der Waals surface area contributed by atoms with Crippen molar-refractivity contribution in [2.24, 2.45) is 0 Å². The third-order valence-corrected chi connectivity index (χ3v) is 5.07. The number of carbonyl (C=O) groups excluding carboxylic acids is 1. The second-order valence-corrected chi connectivity index (χ2v) is 6.46. The lowest BCUT2D eigenvalue weighted by molar-refractivity contribution is 0.101. The first-order valence-corrected chi connectivity index (χ1v) is 8.10. The highest BCUT2D eigenvalue weighted by atomic mass is 32.2. The van der Waals surface area contributed by atoms with E-state index >= 15 is 0 Å². The van der Waals surface area contributed by atoms with Gasteiger partial charge in [-0.25, -0.2) is 0 Å². The Hall–Kier alpha value is -1.74. The number of ether oxygens (including phenoxy) is 1. The number of carbonyl (C=O) groups is 1. The molecule has 0 N–H and O–H groups in total. The average molecular weight is 298 g/mol. The van der Waals surface area contributed by atoms with Crippen molar-refractivity contribution in [1.82, 2.24) is 0 Å². The number of aryl methyl sites for hydroxylation is 1. The van der Waals surface area contributed by atoms with Crippen LogP contribution in [0.15, 0.2) is 47.4 Å². The van der Waals surface area contributed by atoms with Gasteiger partial charge in [-0.05, 0) is 49.2 Å². The first-order valence-electron chi connectivity index (χ1n) is 7.11. The molecule has 3 heteroatoms. The molecule has 0 aromatic heterocycles. The SMILES string of the molecule is CC(=O)c1ccc(OCC2CSc3ccccc32)c(C)c1. The fraction of sp³-hybridized carbons (Fsp3) is 0.278. The molecule has 1 atom stereocenters. The molecule has 3 rings (SSSR count). The summed E-state index contributed by atoms with van der Waals surface area (Å²) >= 11 is 1.90. The van der Waals surface area contributed by atoms with Crippen LogP contribution in [-0.4, -0.2) is 18.1 Å². The summed E-state index contributed by atoms with van der Waals surface area (Å²) in [5.41, 5.74) is 3.14. The topological polar surface area (TPSA) is 26.3 Å². The van der Waals surface area contributed by atoms with Gasteiger partial charge in [-0.2, -0.15) is 0 Å². The highest BCUT2D eigenvalue weighted by molar-refractivity contribution is 7.99. The van der Waals surface area contributed by atoms with Crippen molar-refractivity contribution in [2.45, 2.75) is 24.7 Å². The third kappa shape index (κ3) is 2.98. The maximum absolute atomic E-state index is 11.4. The molecule has 0 amide bonds. The summed E-state index contributed by atoms with van der Waals surface area (Å²) in [6.07, 6.45) is 0. The highest BCUT2D eigenvalue weighted by Gasteiger charge is 2.23. The molecule has 1 unspecified atom stereocenters. The highest BCUT2D eigenvalue weighted by Crippen LogP contribution is 2.39. The Kier molecular flexibility index (Phi) is 4.02. The zero-order valence-corrected chi connectivity index (χ0v) is 13.1. The Morgan fingerprint density at radius 1 is 1.29 bits per heavy atom. The van der Waals surface area contributed by atoms with Crippen molar-refractivity contribution in [3.05, 3.63) is 59.2 Å². The molecule has 0 fully saturated rings. The van der Waals surface area contributed by atoms with Crippen LogP contribution in [0.2, 0.25) is 0 Å². The molecule has 1 aliphatic heterocycles. The van der Waals surface area contributed by atoms with Gasteiger partial charge < -0.3 is 4.74 Å². The van der Waals surface area contributed by atoms with Gasteiger partial charge in [0.1, 0.15) is 5.75 Å². The number of ketones is 1. The van der Waals surface area contributed by atoms with Crippen LogP contribution in [0.1, 0.15) is 34.3 Å². The minimum Gasteiger partial charge on any atom is -0.493 e. The summed E-state index contributed by atoms with van der Waals surface area (Å²) in [6.45, 7) is 4.26. The average Bonchev–Trinajstić information content (AvgIpc) is 2.89. The van der Waals surface area contributed by atoms with E-state index in [0.29, 0.717) is 12.5 Å². The molecule has 1 heterocycles. The number of rotatable bonds is 4. The molecule has 2 nitrogen and oxygen atoms in total. The van der Waals surface area contributed by atoms with E-state index in [1.807, 2.05) is 36.9 Å². The molecule has 2 aromatic carbocycles. The van der Waals surface area contributed by atoms with Gasteiger partial charge in [-0.15, -0.1) is 11.8 Å². The normalized spacial score (nSPS) is 16.6. The lowest BCUT2D eigenvalue weighted by atomic mass is 10.0. The Morgan fingerprint density at radius 2 is 2.10 bits per heavy atom.